The van der Waals surface area contributed by atoms with E-state index in [0.29, 0.717) is 22.8 Å². The van der Waals surface area contributed by atoms with Gasteiger partial charge in [-0.25, -0.2) is 4.79 Å². The van der Waals surface area contributed by atoms with Crippen molar-refractivity contribution in [3.05, 3.63) is 76.6 Å². The molecule has 0 atom stereocenters. The fraction of sp³-hybridized carbons (Fsp3) is 0.100. The third-order valence-electron chi connectivity index (χ3n) is 4.06. The van der Waals surface area contributed by atoms with Crippen molar-refractivity contribution in [3.63, 3.8) is 0 Å². The zero-order chi connectivity index (χ0) is 18.7. The Kier molecular flexibility index (Phi) is 5.09. The summed E-state index contributed by atoms with van der Waals surface area (Å²) < 4.78 is 1.89. The minimum absolute atomic E-state index is 0.236. The van der Waals surface area contributed by atoms with Crippen LogP contribution < -0.4 is 5.32 Å². The zero-order valence-electron chi connectivity index (χ0n) is 14.1. The van der Waals surface area contributed by atoms with Gasteiger partial charge >= 0.3 is 5.97 Å². The lowest BCUT2D eigenvalue weighted by Gasteiger charge is -2.06. The summed E-state index contributed by atoms with van der Waals surface area (Å²) in [4.78, 5) is 24.0. The van der Waals surface area contributed by atoms with Crippen molar-refractivity contribution in [2.75, 3.05) is 0 Å². The van der Waals surface area contributed by atoms with Crippen LogP contribution >= 0.6 is 11.6 Å². The van der Waals surface area contributed by atoms with Gasteiger partial charge in [-0.05, 0) is 31.2 Å². The van der Waals surface area contributed by atoms with Crippen LogP contribution in [0, 0.1) is 0 Å². The molecule has 5 nitrogen and oxygen atoms in total. The van der Waals surface area contributed by atoms with Crippen LogP contribution in [0.15, 0.2) is 60.3 Å². The number of carboxylic acids is 1. The van der Waals surface area contributed by atoms with E-state index >= 15 is 0 Å². The quantitative estimate of drug-likeness (QED) is 0.664. The van der Waals surface area contributed by atoms with Crippen LogP contribution in [0.4, 0.5) is 0 Å². The topological polar surface area (TPSA) is 71.3 Å². The summed E-state index contributed by atoms with van der Waals surface area (Å²) in [6.45, 7) is 2.60. The lowest BCUT2D eigenvalue weighted by atomic mass is 10.1. The Bertz CT molecular complexity index is 1010. The Morgan fingerprint density at radius 3 is 2.42 bits per heavy atom. The van der Waals surface area contributed by atoms with Gasteiger partial charge in [0.1, 0.15) is 10.9 Å². The number of para-hydroxylation sites is 1. The molecular formula is C20H17ClN2O3. The van der Waals surface area contributed by atoms with Crippen molar-refractivity contribution in [1.29, 1.82) is 0 Å². The summed E-state index contributed by atoms with van der Waals surface area (Å²) in [5.41, 5.74) is 1.61. The molecule has 3 aromatic rings. The summed E-state index contributed by atoms with van der Waals surface area (Å²) in [6, 6.07) is 16.0. The number of rotatable bonds is 5. The first kappa shape index (κ1) is 17.8. The van der Waals surface area contributed by atoms with E-state index in [0.717, 1.165) is 10.9 Å². The maximum absolute atomic E-state index is 12.3. The lowest BCUT2D eigenvalue weighted by molar-refractivity contribution is -0.132. The van der Waals surface area contributed by atoms with Gasteiger partial charge in [-0.3, -0.25) is 4.79 Å². The molecule has 0 saturated carbocycles. The lowest BCUT2D eigenvalue weighted by Crippen LogP contribution is -2.27. The number of hydrogen-bond acceptors (Lipinski definition) is 2. The van der Waals surface area contributed by atoms with Crippen molar-refractivity contribution in [2.24, 2.45) is 0 Å². The van der Waals surface area contributed by atoms with Gasteiger partial charge in [-0.2, -0.15) is 0 Å². The number of hydrogen-bond donors (Lipinski definition) is 2. The predicted octanol–water partition coefficient (Wildman–Crippen LogP) is 4.17. The summed E-state index contributed by atoms with van der Waals surface area (Å²) in [7, 11) is 0. The van der Waals surface area contributed by atoms with E-state index in [4.69, 9.17) is 11.6 Å². The maximum Gasteiger partial charge on any atom is 0.352 e. The molecule has 1 aromatic heterocycles. The number of benzene rings is 2. The molecule has 26 heavy (non-hydrogen) atoms. The van der Waals surface area contributed by atoms with Crippen LogP contribution in [-0.4, -0.2) is 21.6 Å². The second-order valence-electron chi connectivity index (χ2n) is 5.65. The summed E-state index contributed by atoms with van der Waals surface area (Å²) in [6.07, 6.45) is 1.40. The molecule has 132 valence electrons. The number of halogens is 1. The fourth-order valence-electron chi connectivity index (χ4n) is 2.83. The number of amides is 1. The number of fused-ring (bicyclic) bond motifs is 1. The van der Waals surface area contributed by atoms with E-state index in [9.17, 15) is 14.7 Å². The molecule has 0 aliphatic heterocycles. The minimum Gasteiger partial charge on any atom is -0.477 e. The Hall–Kier alpha value is -3.05. The largest absolute Gasteiger partial charge is 0.477 e. The van der Waals surface area contributed by atoms with Crippen LogP contribution in [-0.2, 0) is 11.3 Å². The Morgan fingerprint density at radius 1 is 1.12 bits per heavy atom. The highest BCUT2D eigenvalue weighted by molar-refractivity contribution is 6.33. The Morgan fingerprint density at radius 2 is 1.77 bits per heavy atom. The number of carboxylic acid groups (broad SMARTS) is 1. The molecule has 0 spiro atoms. The zero-order valence-corrected chi connectivity index (χ0v) is 14.8. The molecule has 0 radical (unpaired) electrons. The van der Waals surface area contributed by atoms with Gasteiger partial charge < -0.3 is 15.0 Å². The normalized spacial score (nSPS) is 11.5. The first-order chi connectivity index (χ1) is 12.5. The van der Waals surface area contributed by atoms with Gasteiger partial charge in [-0.15, -0.1) is 0 Å². The summed E-state index contributed by atoms with van der Waals surface area (Å²) >= 11 is 6.47. The molecule has 6 heteroatoms. The summed E-state index contributed by atoms with van der Waals surface area (Å²) in [5.74, 6) is -1.73. The highest BCUT2D eigenvalue weighted by Gasteiger charge is 2.18. The average molecular weight is 369 g/mol. The first-order valence-corrected chi connectivity index (χ1v) is 8.48. The smallest absolute Gasteiger partial charge is 0.352 e. The molecule has 0 fully saturated rings. The number of nitrogens with zero attached hydrogens (tertiary/aromatic N) is 1. The van der Waals surface area contributed by atoms with Crippen molar-refractivity contribution in [2.45, 2.75) is 13.5 Å². The second-order valence-corrected chi connectivity index (χ2v) is 6.01. The van der Waals surface area contributed by atoms with Gasteiger partial charge in [0.05, 0.1) is 0 Å². The Balaban J connectivity index is 2.06. The second kappa shape index (κ2) is 7.45. The van der Waals surface area contributed by atoms with Crippen molar-refractivity contribution < 1.29 is 14.7 Å². The van der Waals surface area contributed by atoms with E-state index in [2.05, 4.69) is 5.32 Å². The monoisotopic (exact) mass is 368 g/mol. The van der Waals surface area contributed by atoms with Gasteiger partial charge in [0.2, 0.25) is 0 Å². The number of aromatic nitrogens is 1. The molecule has 1 amide bonds. The summed E-state index contributed by atoms with van der Waals surface area (Å²) in [5, 5.41) is 13.2. The van der Waals surface area contributed by atoms with E-state index in [1.807, 2.05) is 35.8 Å². The van der Waals surface area contributed by atoms with Gasteiger partial charge in [0.25, 0.3) is 5.91 Å². The van der Waals surface area contributed by atoms with E-state index in [-0.39, 0.29) is 5.70 Å². The van der Waals surface area contributed by atoms with Gasteiger partial charge in [0.15, 0.2) is 0 Å². The molecule has 0 aliphatic rings. The van der Waals surface area contributed by atoms with Crippen LogP contribution in [0.3, 0.4) is 0 Å². The molecule has 2 aromatic carbocycles. The fourth-order valence-corrected chi connectivity index (χ4v) is 3.19. The van der Waals surface area contributed by atoms with Crippen molar-refractivity contribution in [3.8, 4) is 0 Å². The number of aliphatic carboxylic acids is 1. The molecule has 2 N–H and O–H groups in total. The molecule has 0 bridgehead atoms. The molecule has 1 heterocycles. The minimum atomic E-state index is -1.24. The van der Waals surface area contributed by atoms with E-state index in [1.54, 1.807) is 30.3 Å². The van der Waals surface area contributed by atoms with Crippen LogP contribution in [0.2, 0.25) is 5.15 Å². The van der Waals surface area contributed by atoms with E-state index in [1.165, 1.54) is 6.08 Å². The number of carbonyl (C=O) groups excluding carboxylic acids is 1. The Labute approximate surface area is 155 Å². The molecule has 0 unspecified atom stereocenters. The third-order valence-corrected chi connectivity index (χ3v) is 4.47. The van der Waals surface area contributed by atoms with E-state index < -0.39 is 11.9 Å². The SMILES string of the molecule is CCn1c(Cl)c(/C=C(/NC(=O)c2ccccc2)C(=O)O)c2ccccc21. The van der Waals surface area contributed by atoms with Gasteiger partial charge in [0, 0.05) is 28.6 Å². The van der Waals surface area contributed by atoms with Gasteiger partial charge in [-0.1, -0.05) is 48.0 Å². The average Bonchev–Trinajstić information content (AvgIpc) is 2.92. The molecule has 3 rings (SSSR count). The van der Waals surface area contributed by atoms with Crippen molar-refractivity contribution >= 4 is 40.5 Å². The van der Waals surface area contributed by atoms with Crippen LogP contribution in [0.5, 0.6) is 0 Å². The molecule has 0 aliphatic carbocycles. The predicted molar refractivity (Wildman–Crippen MR) is 102 cm³/mol. The maximum atomic E-state index is 12.3. The van der Waals surface area contributed by atoms with Crippen LogP contribution in [0.1, 0.15) is 22.8 Å². The highest BCUT2D eigenvalue weighted by Crippen LogP contribution is 2.31. The third kappa shape index (κ3) is 3.34. The highest BCUT2D eigenvalue weighted by atomic mass is 35.5. The number of nitrogens with one attached hydrogen (secondary N) is 1. The number of aryl methyl sites for hydroxylation is 1. The standard InChI is InChI=1S/C20H17ClN2O3/c1-2-23-17-11-7-6-10-14(17)15(18(23)21)12-16(20(25)26)22-19(24)13-8-4-3-5-9-13/h3-12H,2H2,1H3,(H,22,24)(H,25,26)/b16-12+. The molecular weight excluding hydrogens is 352 g/mol. The first-order valence-electron chi connectivity index (χ1n) is 8.11. The van der Waals surface area contributed by atoms with Crippen LogP contribution in [0.25, 0.3) is 17.0 Å². The van der Waals surface area contributed by atoms with Crippen molar-refractivity contribution in [1.82, 2.24) is 9.88 Å². The molecule has 0 saturated heterocycles. The number of carbonyl (C=O) groups is 2.